The van der Waals surface area contributed by atoms with E-state index >= 15 is 0 Å². The minimum atomic E-state index is -0.374. The lowest BCUT2D eigenvalue weighted by Crippen LogP contribution is -2.33. The van der Waals surface area contributed by atoms with E-state index in [-0.39, 0.29) is 21.4 Å². The number of fused-ring (bicyclic) bond motifs is 1. The molecular weight excluding hydrogens is 320 g/mol. The van der Waals surface area contributed by atoms with Crippen LogP contribution in [0.4, 0.5) is 5.69 Å². The summed E-state index contributed by atoms with van der Waals surface area (Å²) < 4.78 is 0. The summed E-state index contributed by atoms with van der Waals surface area (Å²) in [5, 5.41) is 11.6. The van der Waals surface area contributed by atoms with Gasteiger partial charge in [0.1, 0.15) is 0 Å². The quantitative estimate of drug-likeness (QED) is 0.546. The van der Waals surface area contributed by atoms with E-state index in [1.54, 1.807) is 12.3 Å². The average molecular weight is 342 g/mol. The van der Waals surface area contributed by atoms with Crippen LogP contribution in [0.5, 0.6) is 0 Å². The minimum Gasteiger partial charge on any atom is -0.258 e. The van der Waals surface area contributed by atoms with Gasteiger partial charge in [0.15, 0.2) is 5.03 Å². The largest absolute Gasteiger partial charge is 0.301 e. The van der Waals surface area contributed by atoms with Crippen molar-refractivity contribution in [2.24, 2.45) is 0 Å². The molecular formula is C19H22N2O2S. The predicted octanol–water partition coefficient (Wildman–Crippen LogP) is 5.49. The molecule has 5 heteroatoms. The smallest absolute Gasteiger partial charge is 0.258 e. The van der Waals surface area contributed by atoms with Gasteiger partial charge in [-0.15, -0.1) is 0 Å². The van der Waals surface area contributed by atoms with Gasteiger partial charge in [-0.1, -0.05) is 45.5 Å². The fourth-order valence-electron chi connectivity index (χ4n) is 3.34. The van der Waals surface area contributed by atoms with E-state index in [0.29, 0.717) is 5.03 Å². The fraction of sp³-hybridized carbons (Fsp3) is 0.421. The Balaban J connectivity index is 2.02. The predicted molar refractivity (Wildman–Crippen MR) is 96.7 cm³/mol. The Labute approximate surface area is 146 Å². The van der Waals surface area contributed by atoms with Gasteiger partial charge in [-0.25, -0.2) is 4.98 Å². The summed E-state index contributed by atoms with van der Waals surface area (Å²) in [5.41, 5.74) is 3.09. The molecule has 1 aliphatic rings. The molecule has 0 bridgehead atoms. The summed E-state index contributed by atoms with van der Waals surface area (Å²) in [7, 11) is 0. The van der Waals surface area contributed by atoms with Gasteiger partial charge >= 0.3 is 5.69 Å². The van der Waals surface area contributed by atoms with Crippen LogP contribution in [0.3, 0.4) is 0 Å². The van der Waals surface area contributed by atoms with Gasteiger partial charge in [-0.05, 0) is 53.0 Å². The molecule has 0 amide bonds. The monoisotopic (exact) mass is 342 g/mol. The maximum Gasteiger partial charge on any atom is 0.301 e. The highest BCUT2D eigenvalue weighted by Gasteiger charge is 2.37. The highest BCUT2D eigenvalue weighted by atomic mass is 32.2. The molecule has 0 aliphatic heterocycles. The first kappa shape index (κ1) is 17.0. The van der Waals surface area contributed by atoms with Gasteiger partial charge in [0.25, 0.3) is 0 Å². The number of hydrogen-bond acceptors (Lipinski definition) is 4. The summed E-state index contributed by atoms with van der Waals surface area (Å²) in [6.07, 6.45) is 3.91. The van der Waals surface area contributed by atoms with Crippen molar-refractivity contribution in [2.45, 2.75) is 61.3 Å². The van der Waals surface area contributed by atoms with Crippen LogP contribution >= 0.6 is 11.8 Å². The molecule has 24 heavy (non-hydrogen) atoms. The lowest BCUT2D eigenvalue weighted by molar-refractivity contribution is -0.388. The Bertz CT molecular complexity index is 800. The van der Waals surface area contributed by atoms with E-state index in [1.165, 1.54) is 35.4 Å². The Hall–Kier alpha value is -1.88. The van der Waals surface area contributed by atoms with Crippen molar-refractivity contribution in [3.63, 3.8) is 0 Å². The zero-order valence-electron chi connectivity index (χ0n) is 14.5. The molecule has 1 heterocycles. The molecule has 0 spiro atoms. The van der Waals surface area contributed by atoms with Crippen molar-refractivity contribution in [3.8, 4) is 0 Å². The Kier molecular flexibility index (Phi) is 4.16. The number of aromatic nitrogens is 1. The first-order valence-electron chi connectivity index (χ1n) is 8.13. The van der Waals surface area contributed by atoms with Crippen LogP contribution in [0.15, 0.2) is 46.5 Å². The molecule has 0 fully saturated rings. The summed E-state index contributed by atoms with van der Waals surface area (Å²) >= 11 is 1.36. The zero-order valence-corrected chi connectivity index (χ0v) is 15.3. The summed E-state index contributed by atoms with van der Waals surface area (Å²) in [6, 6.07) is 9.54. The molecule has 0 N–H and O–H groups in total. The number of rotatable bonds is 3. The van der Waals surface area contributed by atoms with E-state index in [9.17, 15) is 10.1 Å². The molecule has 1 aromatic carbocycles. The summed E-state index contributed by atoms with van der Waals surface area (Å²) in [4.78, 5) is 16.0. The standard InChI is InChI=1S/C19H22N2O2S/c1-18(2)9-10-19(3,4)15-12-13(7-8-14(15)18)24-17-16(21(22)23)6-5-11-20-17/h5-8,11-12H,9-10H2,1-4H3. The van der Waals surface area contributed by atoms with Crippen molar-refractivity contribution in [1.82, 2.24) is 4.98 Å². The van der Waals surface area contributed by atoms with Crippen LogP contribution < -0.4 is 0 Å². The lowest BCUT2D eigenvalue weighted by Gasteiger charge is -2.42. The van der Waals surface area contributed by atoms with Crippen LogP contribution in [0, 0.1) is 10.1 Å². The van der Waals surface area contributed by atoms with Crippen molar-refractivity contribution in [1.29, 1.82) is 0 Å². The molecule has 3 rings (SSSR count). The Morgan fingerprint density at radius 2 is 1.75 bits per heavy atom. The van der Waals surface area contributed by atoms with Gasteiger partial charge in [0.05, 0.1) is 4.92 Å². The van der Waals surface area contributed by atoms with E-state index in [2.05, 4.69) is 50.9 Å². The van der Waals surface area contributed by atoms with Crippen molar-refractivity contribution in [3.05, 3.63) is 57.8 Å². The molecule has 0 saturated heterocycles. The van der Waals surface area contributed by atoms with Crippen LogP contribution in [0.1, 0.15) is 51.7 Å². The second kappa shape index (κ2) is 5.88. The summed E-state index contributed by atoms with van der Waals surface area (Å²) in [6.45, 7) is 9.13. The van der Waals surface area contributed by atoms with Gasteiger partial charge in [0.2, 0.25) is 0 Å². The molecule has 2 aromatic rings. The number of hydrogen-bond donors (Lipinski definition) is 0. The third-order valence-electron chi connectivity index (χ3n) is 4.99. The van der Waals surface area contributed by atoms with E-state index in [0.717, 1.165) is 11.3 Å². The van der Waals surface area contributed by atoms with Gasteiger partial charge < -0.3 is 0 Å². The normalized spacial score (nSPS) is 18.0. The number of nitro groups is 1. The highest BCUT2D eigenvalue weighted by Crippen LogP contribution is 2.47. The lowest BCUT2D eigenvalue weighted by atomic mass is 9.63. The van der Waals surface area contributed by atoms with E-state index in [1.807, 2.05) is 0 Å². The molecule has 4 nitrogen and oxygen atoms in total. The first-order chi connectivity index (χ1) is 11.2. The molecule has 0 atom stereocenters. The fourth-order valence-corrected chi connectivity index (χ4v) is 4.24. The molecule has 1 aliphatic carbocycles. The van der Waals surface area contributed by atoms with Crippen molar-refractivity contribution < 1.29 is 4.92 Å². The van der Waals surface area contributed by atoms with E-state index in [4.69, 9.17) is 0 Å². The second-order valence-corrected chi connectivity index (χ2v) is 8.72. The highest BCUT2D eigenvalue weighted by molar-refractivity contribution is 7.99. The van der Waals surface area contributed by atoms with Crippen LogP contribution in [0.25, 0.3) is 0 Å². The van der Waals surface area contributed by atoms with Gasteiger partial charge in [-0.2, -0.15) is 0 Å². The third kappa shape index (κ3) is 3.05. The maximum atomic E-state index is 11.2. The Morgan fingerprint density at radius 1 is 1.08 bits per heavy atom. The molecule has 126 valence electrons. The number of nitrogens with zero attached hydrogens (tertiary/aromatic N) is 2. The number of benzene rings is 1. The van der Waals surface area contributed by atoms with Crippen LogP contribution in [-0.4, -0.2) is 9.91 Å². The second-order valence-electron chi connectivity index (χ2n) is 7.66. The number of pyridine rings is 1. The van der Waals surface area contributed by atoms with Gasteiger partial charge in [0, 0.05) is 17.2 Å². The average Bonchev–Trinajstić information content (AvgIpc) is 2.52. The maximum absolute atomic E-state index is 11.2. The molecule has 0 unspecified atom stereocenters. The minimum absolute atomic E-state index is 0.0554. The van der Waals surface area contributed by atoms with Crippen LogP contribution in [0.2, 0.25) is 0 Å². The topological polar surface area (TPSA) is 56.0 Å². The third-order valence-corrected chi connectivity index (χ3v) is 5.98. The summed E-state index contributed by atoms with van der Waals surface area (Å²) in [5.74, 6) is 0. The van der Waals surface area contributed by atoms with E-state index < -0.39 is 0 Å². The first-order valence-corrected chi connectivity index (χ1v) is 8.95. The SMILES string of the molecule is CC1(C)CCC(C)(C)c2cc(Sc3ncccc3[N+](=O)[O-])ccc21. The van der Waals surface area contributed by atoms with Gasteiger partial charge in [-0.3, -0.25) is 10.1 Å². The Morgan fingerprint density at radius 3 is 2.42 bits per heavy atom. The molecule has 0 radical (unpaired) electrons. The molecule has 0 saturated carbocycles. The zero-order chi connectivity index (χ0) is 17.5. The van der Waals surface area contributed by atoms with Crippen molar-refractivity contribution in [2.75, 3.05) is 0 Å². The molecule has 1 aromatic heterocycles. The van der Waals surface area contributed by atoms with Crippen molar-refractivity contribution >= 4 is 17.4 Å². The van der Waals surface area contributed by atoms with Crippen LogP contribution in [-0.2, 0) is 10.8 Å².